The molecule has 212 valence electrons. The maximum Gasteiger partial charge on any atom is 0.241 e. The highest BCUT2D eigenvalue weighted by Gasteiger charge is 2.54. The molecule has 1 saturated heterocycles. The topological polar surface area (TPSA) is 117 Å². The van der Waals surface area contributed by atoms with Gasteiger partial charge in [0.05, 0.1) is 16.7 Å². The number of amides is 2. The summed E-state index contributed by atoms with van der Waals surface area (Å²) in [5.74, 6) is 0.355. The number of aliphatic hydroxyl groups excluding tert-OH is 1. The van der Waals surface area contributed by atoms with Crippen molar-refractivity contribution in [2.24, 2.45) is 23.2 Å². The fraction of sp³-hybridized carbons (Fsp3) is 0.607. The van der Waals surface area contributed by atoms with Gasteiger partial charge in [-0.25, -0.2) is 13.4 Å². The number of sulfone groups is 1. The number of nitrogens with one attached hydrogen (secondary N) is 1. The van der Waals surface area contributed by atoms with Crippen molar-refractivity contribution < 1.29 is 23.1 Å². The van der Waals surface area contributed by atoms with Crippen LogP contribution in [-0.2, 0) is 25.8 Å². The van der Waals surface area contributed by atoms with E-state index in [1.807, 2.05) is 23.6 Å². The molecular weight excluding hydrogens is 555 g/mol. The second kappa shape index (κ2) is 11.1. The number of aromatic nitrogens is 1. The highest BCUT2D eigenvalue weighted by Crippen LogP contribution is 2.57. The first kappa shape index (κ1) is 28.6. The number of fused-ring (bicyclic) bond motifs is 2. The van der Waals surface area contributed by atoms with Crippen molar-refractivity contribution >= 4 is 49.9 Å². The summed E-state index contributed by atoms with van der Waals surface area (Å²) < 4.78 is 25.3. The molecule has 39 heavy (non-hydrogen) atoms. The molecule has 11 heteroatoms. The fourth-order valence-electron chi connectivity index (χ4n) is 6.89. The molecule has 2 N–H and O–H groups in total. The molecule has 1 aromatic carbocycles. The standard InChI is InChI=1S/C28H37N3O5S3/c1-17(26(34)31-11-13-37-14-12-31)20-9-10-28(3)15-21-24(18(2)23(28)25(20)33)30-27(38-21)29-22(32)16-39(35,36)19-7-5-4-6-8-19/h4-8,17-18,20,23,25,33H,9-16H2,1-3H3,(H,29,30,32)/t17-,18-,20-,23+,25-,28+/m0/s1. The lowest BCUT2D eigenvalue weighted by Crippen LogP contribution is -2.54. The summed E-state index contributed by atoms with van der Waals surface area (Å²) in [6.45, 7) is 7.82. The number of thioether (sulfide) groups is 1. The number of nitrogens with zero attached hydrogens (tertiary/aromatic N) is 2. The zero-order chi connectivity index (χ0) is 27.9. The number of aliphatic hydroxyl groups is 1. The Morgan fingerprint density at radius 2 is 1.92 bits per heavy atom. The Kier molecular flexibility index (Phi) is 8.16. The van der Waals surface area contributed by atoms with E-state index in [2.05, 4.69) is 19.2 Å². The third-order valence-electron chi connectivity index (χ3n) is 8.95. The minimum absolute atomic E-state index is 0.0554. The number of benzene rings is 1. The lowest BCUT2D eigenvalue weighted by atomic mass is 9.53. The van der Waals surface area contributed by atoms with Crippen molar-refractivity contribution in [1.29, 1.82) is 0 Å². The van der Waals surface area contributed by atoms with E-state index in [1.54, 1.807) is 18.2 Å². The van der Waals surface area contributed by atoms with Gasteiger partial charge >= 0.3 is 0 Å². The van der Waals surface area contributed by atoms with E-state index in [4.69, 9.17) is 4.98 Å². The molecule has 0 bridgehead atoms. The maximum absolute atomic E-state index is 13.3. The van der Waals surface area contributed by atoms with Gasteiger partial charge in [0.2, 0.25) is 11.8 Å². The zero-order valence-electron chi connectivity index (χ0n) is 22.6. The first-order valence-electron chi connectivity index (χ1n) is 13.6. The Morgan fingerprint density at radius 1 is 1.23 bits per heavy atom. The number of anilines is 1. The molecule has 2 aromatic rings. The van der Waals surface area contributed by atoms with Gasteiger partial charge in [-0.15, -0.1) is 11.3 Å². The molecule has 0 unspecified atom stereocenters. The summed E-state index contributed by atoms with van der Waals surface area (Å²) in [5.41, 5.74) is 0.715. The van der Waals surface area contributed by atoms with Crippen LogP contribution in [0.5, 0.6) is 0 Å². The van der Waals surface area contributed by atoms with Gasteiger partial charge in [-0.1, -0.05) is 39.0 Å². The van der Waals surface area contributed by atoms with Crippen LogP contribution in [0.1, 0.15) is 50.1 Å². The monoisotopic (exact) mass is 591 g/mol. The number of thiazole rings is 1. The summed E-state index contributed by atoms with van der Waals surface area (Å²) in [6.07, 6.45) is 1.82. The third kappa shape index (κ3) is 5.64. The van der Waals surface area contributed by atoms with Crippen molar-refractivity contribution in [2.45, 2.75) is 57.0 Å². The van der Waals surface area contributed by atoms with Crippen LogP contribution in [0, 0.1) is 23.2 Å². The van der Waals surface area contributed by atoms with Crippen LogP contribution in [0.4, 0.5) is 5.13 Å². The molecule has 5 rings (SSSR count). The zero-order valence-corrected chi connectivity index (χ0v) is 25.1. The van der Waals surface area contributed by atoms with E-state index in [9.17, 15) is 23.1 Å². The Balaban J connectivity index is 1.30. The predicted molar refractivity (Wildman–Crippen MR) is 155 cm³/mol. The summed E-state index contributed by atoms with van der Waals surface area (Å²) in [7, 11) is -3.76. The minimum atomic E-state index is -3.76. The molecule has 2 aliphatic carbocycles. The average molecular weight is 592 g/mol. The molecular formula is C28H37N3O5S3. The summed E-state index contributed by atoms with van der Waals surface area (Å²) in [5, 5.41) is 14.8. The van der Waals surface area contributed by atoms with Crippen molar-refractivity contribution in [1.82, 2.24) is 9.88 Å². The molecule has 3 aliphatic rings. The number of hydrogen-bond donors (Lipinski definition) is 2. The molecule has 2 amide bonds. The van der Waals surface area contributed by atoms with Gasteiger partial charge in [-0.3, -0.25) is 9.59 Å². The average Bonchev–Trinajstić information content (AvgIpc) is 3.30. The Bertz CT molecular complexity index is 1330. The molecule has 0 radical (unpaired) electrons. The SMILES string of the molecule is C[C@H](C(=O)N1CCSCC1)[C@@H]1CC[C@]2(C)Cc3sc(NC(=O)CS(=O)(=O)c4ccccc4)nc3[C@@H](C)[C@@H]2[C@H]1O. The van der Waals surface area contributed by atoms with E-state index in [-0.39, 0.29) is 39.9 Å². The van der Waals surface area contributed by atoms with Crippen LogP contribution >= 0.6 is 23.1 Å². The molecule has 1 aromatic heterocycles. The van der Waals surface area contributed by atoms with Gasteiger partial charge in [0.1, 0.15) is 5.75 Å². The highest BCUT2D eigenvalue weighted by molar-refractivity contribution is 7.99. The molecule has 8 nitrogen and oxygen atoms in total. The van der Waals surface area contributed by atoms with Gasteiger partial charge in [-0.2, -0.15) is 11.8 Å². The Labute approximate surface area is 238 Å². The summed E-state index contributed by atoms with van der Waals surface area (Å²) in [4.78, 5) is 33.8. The smallest absolute Gasteiger partial charge is 0.241 e. The Morgan fingerprint density at radius 3 is 2.62 bits per heavy atom. The second-order valence-corrected chi connectivity index (χ2v) is 15.8. The maximum atomic E-state index is 13.3. The van der Waals surface area contributed by atoms with Crippen LogP contribution < -0.4 is 5.32 Å². The van der Waals surface area contributed by atoms with Gasteiger partial charge in [0, 0.05) is 41.3 Å². The second-order valence-electron chi connectivity index (χ2n) is 11.5. The number of carbonyl (C=O) groups excluding carboxylic acids is 2. The van der Waals surface area contributed by atoms with Crippen molar-refractivity contribution in [3.8, 4) is 0 Å². The van der Waals surface area contributed by atoms with E-state index < -0.39 is 27.6 Å². The van der Waals surface area contributed by atoms with E-state index in [0.29, 0.717) is 5.13 Å². The van der Waals surface area contributed by atoms with Crippen LogP contribution in [0.2, 0.25) is 0 Å². The minimum Gasteiger partial charge on any atom is -0.392 e. The van der Waals surface area contributed by atoms with Gasteiger partial charge in [0.15, 0.2) is 15.0 Å². The van der Waals surface area contributed by atoms with Crippen LogP contribution in [0.25, 0.3) is 0 Å². The lowest BCUT2D eigenvalue weighted by Gasteiger charge is -2.53. The van der Waals surface area contributed by atoms with Crippen LogP contribution in [-0.4, -0.2) is 71.7 Å². The van der Waals surface area contributed by atoms with Crippen molar-refractivity contribution in [2.75, 3.05) is 35.7 Å². The summed E-state index contributed by atoms with van der Waals surface area (Å²) >= 11 is 3.27. The molecule has 1 saturated carbocycles. The normalized spacial score (nSPS) is 29.7. The van der Waals surface area contributed by atoms with E-state index in [0.717, 1.165) is 54.4 Å². The number of rotatable bonds is 6. The molecule has 1 aliphatic heterocycles. The van der Waals surface area contributed by atoms with E-state index >= 15 is 0 Å². The first-order chi connectivity index (χ1) is 18.5. The number of carbonyl (C=O) groups is 2. The van der Waals surface area contributed by atoms with Gasteiger partial charge in [0.25, 0.3) is 0 Å². The van der Waals surface area contributed by atoms with Gasteiger partial charge in [-0.05, 0) is 48.6 Å². The molecule has 2 heterocycles. The summed E-state index contributed by atoms with van der Waals surface area (Å²) in [6, 6.07) is 7.94. The molecule has 6 atom stereocenters. The fourth-order valence-corrected chi connectivity index (χ4v) is 10.2. The van der Waals surface area contributed by atoms with Gasteiger partial charge < -0.3 is 15.3 Å². The van der Waals surface area contributed by atoms with Crippen molar-refractivity contribution in [3.63, 3.8) is 0 Å². The Hall–Kier alpha value is -1.95. The van der Waals surface area contributed by atoms with Crippen LogP contribution in [0.3, 0.4) is 0 Å². The largest absolute Gasteiger partial charge is 0.392 e. The predicted octanol–water partition coefficient (Wildman–Crippen LogP) is 3.82. The first-order valence-corrected chi connectivity index (χ1v) is 17.2. The van der Waals surface area contributed by atoms with Crippen LogP contribution in [0.15, 0.2) is 35.2 Å². The highest BCUT2D eigenvalue weighted by atomic mass is 32.2. The number of hydrogen-bond acceptors (Lipinski definition) is 8. The molecule has 2 fully saturated rings. The quantitative estimate of drug-likeness (QED) is 0.525. The third-order valence-corrected chi connectivity index (χ3v) is 12.5. The lowest BCUT2D eigenvalue weighted by molar-refractivity contribution is -0.144. The van der Waals surface area contributed by atoms with E-state index in [1.165, 1.54) is 23.5 Å². The van der Waals surface area contributed by atoms with Crippen molar-refractivity contribution in [3.05, 3.63) is 40.9 Å². The molecule has 0 spiro atoms.